The maximum atomic E-state index is 13.2. The van der Waals surface area contributed by atoms with Crippen molar-refractivity contribution in [3.05, 3.63) is 57.3 Å². The molecule has 46 heavy (non-hydrogen) atoms. The van der Waals surface area contributed by atoms with Gasteiger partial charge >= 0.3 is 11.9 Å². The van der Waals surface area contributed by atoms with Crippen LogP contribution in [-0.4, -0.2) is 87.5 Å². The van der Waals surface area contributed by atoms with Crippen LogP contribution in [0.2, 0.25) is 0 Å². The van der Waals surface area contributed by atoms with E-state index < -0.39 is 47.1 Å². The van der Waals surface area contributed by atoms with Crippen molar-refractivity contribution in [1.29, 1.82) is 0 Å². The van der Waals surface area contributed by atoms with E-state index in [1.807, 2.05) is 0 Å². The Morgan fingerprint density at radius 1 is 0.674 bits per heavy atom. The molecule has 2 aromatic rings. The number of anilines is 2. The van der Waals surface area contributed by atoms with Crippen LogP contribution in [0.25, 0.3) is 0 Å². The fraction of sp³-hybridized carbons (Fsp3) is 0.214. The predicted molar refractivity (Wildman–Crippen MR) is 177 cm³/mol. The minimum Gasteiger partial charge on any atom is -0.507 e. The van der Waals surface area contributed by atoms with E-state index in [9.17, 15) is 39.0 Å². The smallest absolute Gasteiger partial charge is 0.339 e. The molecular weight excluding hydrogens is 681 g/mol. The molecule has 0 unspecified atom stereocenters. The predicted octanol–water partition coefficient (Wildman–Crippen LogP) is 3.56. The number of nitrogens with zero attached hydrogens (tertiary/aromatic N) is 2. The van der Waals surface area contributed by atoms with Crippen molar-refractivity contribution >= 4 is 104 Å². The summed E-state index contributed by atoms with van der Waals surface area (Å²) in [6.07, 6.45) is 0.359. The highest BCUT2D eigenvalue weighted by molar-refractivity contribution is 8.29. The zero-order valence-electron chi connectivity index (χ0n) is 23.5. The van der Waals surface area contributed by atoms with Gasteiger partial charge in [-0.25, -0.2) is 9.59 Å². The number of carboxylic acid groups (broad SMARTS) is 2. The number of thioether (sulfide) groups is 2. The molecule has 18 heteroatoms. The first-order valence-corrected chi connectivity index (χ1v) is 15.8. The molecule has 4 amide bonds. The molecule has 2 aliphatic heterocycles. The SMILES string of the molecule is O=C(CCCN1C(=O)/C(=C2\SC(=S)N(CCCC(=O)Nc3ccc(O)c(C(=O)O)c3)C2=O)SC1=S)Nc1ccc(O)c(C(=O)O)c1. The summed E-state index contributed by atoms with van der Waals surface area (Å²) in [6, 6.07) is 7.25. The Balaban J connectivity index is 1.28. The van der Waals surface area contributed by atoms with Crippen LogP contribution in [0.4, 0.5) is 11.4 Å². The average molecular weight is 705 g/mol. The highest BCUT2D eigenvalue weighted by Crippen LogP contribution is 2.42. The molecule has 0 aliphatic carbocycles. The van der Waals surface area contributed by atoms with Crippen LogP contribution in [0.5, 0.6) is 11.5 Å². The number of carbonyl (C=O) groups is 6. The fourth-order valence-electron chi connectivity index (χ4n) is 4.27. The Morgan fingerprint density at radius 3 is 1.39 bits per heavy atom. The molecule has 0 bridgehead atoms. The van der Waals surface area contributed by atoms with E-state index in [2.05, 4.69) is 10.6 Å². The van der Waals surface area contributed by atoms with Crippen LogP contribution in [0.3, 0.4) is 0 Å². The summed E-state index contributed by atoms with van der Waals surface area (Å²) >= 11 is 12.6. The Hall–Kier alpha value is -4.52. The molecule has 0 spiro atoms. The molecule has 0 atom stereocenters. The van der Waals surface area contributed by atoms with Gasteiger partial charge in [0.2, 0.25) is 11.8 Å². The Kier molecular flexibility index (Phi) is 11.0. The number of carboxylic acids is 2. The topological polar surface area (TPSA) is 214 Å². The third kappa shape index (κ3) is 8.00. The van der Waals surface area contributed by atoms with Gasteiger partial charge < -0.3 is 31.1 Å². The Labute approximate surface area is 279 Å². The third-order valence-corrected chi connectivity index (χ3v) is 9.52. The Morgan fingerprint density at radius 2 is 1.04 bits per heavy atom. The number of thiocarbonyl (C=S) groups is 2. The van der Waals surface area contributed by atoms with Gasteiger partial charge in [-0.3, -0.25) is 29.0 Å². The number of amides is 4. The summed E-state index contributed by atoms with van der Waals surface area (Å²) in [5, 5.41) is 42.5. The van der Waals surface area contributed by atoms with Crippen molar-refractivity contribution in [2.45, 2.75) is 25.7 Å². The quantitative estimate of drug-likeness (QED) is 0.106. The molecule has 240 valence electrons. The number of aromatic hydroxyl groups is 2. The minimum atomic E-state index is -1.35. The highest BCUT2D eigenvalue weighted by Gasteiger charge is 2.41. The standard InChI is InChI=1S/C28H24N4O10S4/c33-17-7-5-13(11-15(17)25(39)40)29-19(35)3-1-9-31-23(37)21(45-27(31)43)22-24(38)32(28(44)46-22)10-2-4-20(36)30-14-6-8-18(34)16(12-14)26(41)42/h5-8,11-12,33-34H,1-4,9-10H2,(H,29,35)(H,30,36)(H,39,40)(H,41,42)/b22-21+. The van der Waals surface area contributed by atoms with Crippen LogP contribution >= 0.6 is 48.0 Å². The normalized spacial score (nSPS) is 16.3. The summed E-state index contributed by atoms with van der Waals surface area (Å²) in [6.45, 7) is 0.171. The largest absolute Gasteiger partial charge is 0.507 e. The van der Waals surface area contributed by atoms with E-state index in [0.29, 0.717) is 0 Å². The van der Waals surface area contributed by atoms with Crippen molar-refractivity contribution in [3.8, 4) is 11.5 Å². The maximum absolute atomic E-state index is 13.2. The molecule has 0 saturated carbocycles. The monoisotopic (exact) mass is 704 g/mol. The van der Waals surface area contributed by atoms with Gasteiger partial charge in [0.15, 0.2) is 0 Å². The first kappa shape index (κ1) is 34.4. The zero-order valence-corrected chi connectivity index (χ0v) is 26.7. The van der Waals surface area contributed by atoms with E-state index >= 15 is 0 Å². The van der Waals surface area contributed by atoms with E-state index in [4.69, 9.17) is 34.6 Å². The van der Waals surface area contributed by atoms with Crippen LogP contribution < -0.4 is 10.6 Å². The fourth-order valence-corrected chi connectivity index (χ4v) is 7.04. The third-order valence-electron chi connectivity index (χ3n) is 6.50. The molecule has 2 aromatic carbocycles. The number of hydrogen-bond donors (Lipinski definition) is 6. The summed E-state index contributed by atoms with van der Waals surface area (Å²) in [5.74, 6) is -5.49. The van der Waals surface area contributed by atoms with Gasteiger partial charge in [-0.05, 0) is 49.2 Å². The van der Waals surface area contributed by atoms with Gasteiger partial charge in [-0.15, -0.1) is 0 Å². The second kappa shape index (κ2) is 14.7. The number of hydrogen-bond acceptors (Lipinski definition) is 12. The lowest BCUT2D eigenvalue weighted by Gasteiger charge is -2.15. The molecule has 0 aromatic heterocycles. The summed E-state index contributed by atoms with van der Waals surface area (Å²) in [4.78, 5) is 76.2. The molecular formula is C28H24N4O10S4. The van der Waals surface area contributed by atoms with E-state index in [-0.39, 0.29) is 79.7 Å². The summed E-state index contributed by atoms with van der Waals surface area (Å²) < 4.78 is 0.402. The molecule has 0 radical (unpaired) electrons. The maximum Gasteiger partial charge on any atom is 0.339 e. The van der Waals surface area contributed by atoms with Crippen LogP contribution in [-0.2, 0) is 19.2 Å². The van der Waals surface area contributed by atoms with Crippen LogP contribution in [0.15, 0.2) is 46.2 Å². The summed E-state index contributed by atoms with van der Waals surface area (Å²) in [5.41, 5.74) is -0.371. The number of rotatable bonds is 12. The zero-order chi connectivity index (χ0) is 33.7. The van der Waals surface area contributed by atoms with Gasteiger partial charge in [0.1, 0.15) is 31.3 Å². The number of benzene rings is 2. The number of aromatic carboxylic acids is 2. The van der Waals surface area contributed by atoms with E-state index in [1.165, 1.54) is 21.9 Å². The lowest BCUT2D eigenvalue weighted by atomic mass is 10.1. The van der Waals surface area contributed by atoms with E-state index in [0.717, 1.165) is 47.8 Å². The van der Waals surface area contributed by atoms with Gasteiger partial charge in [-0.1, -0.05) is 48.0 Å². The first-order valence-electron chi connectivity index (χ1n) is 13.3. The van der Waals surface area contributed by atoms with Gasteiger partial charge in [0, 0.05) is 37.3 Å². The minimum absolute atomic E-state index is 0.0289. The summed E-state index contributed by atoms with van der Waals surface area (Å²) in [7, 11) is 0. The van der Waals surface area contributed by atoms with Crippen molar-refractivity contribution in [1.82, 2.24) is 9.80 Å². The second-order valence-electron chi connectivity index (χ2n) is 9.69. The van der Waals surface area contributed by atoms with Gasteiger partial charge in [0.25, 0.3) is 11.8 Å². The lowest BCUT2D eigenvalue weighted by Crippen LogP contribution is -2.31. The van der Waals surface area contributed by atoms with Crippen molar-refractivity contribution < 1.29 is 49.2 Å². The molecule has 14 nitrogen and oxygen atoms in total. The molecule has 6 N–H and O–H groups in total. The Bertz CT molecular complexity index is 1600. The molecule has 2 heterocycles. The molecule has 2 saturated heterocycles. The van der Waals surface area contributed by atoms with Gasteiger partial charge in [0.05, 0.1) is 9.81 Å². The van der Waals surface area contributed by atoms with Crippen LogP contribution in [0.1, 0.15) is 46.4 Å². The second-order valence-corrected chi connectivity index (χ2v) is 13.0. The van der Waals surface area contributed by atoms with Crippen molar-refractivity contribution in [2.24, 2.45) is 0 Å². The van der Waals surface area contributed by atoms with Crippen LogP contribution in [0, 0.1) is 0 Å². The molecule has 2 fully saturated rings. The number of phenols is 2. The van der Waals surface area contributed by atoms with Crippen molar-refractivity contribution in [2.75, 3.05) is 23.7 Å². The number of nitrogens with one attached hydrogen (secondary N) is 2. The molecule has 4 rings (SSSR count). The van der Waals surface area contributed by atoms with E-state index in [1.54, 1.807) is 0 Å². The lowest BCUT2D eigenvalue weighted by molar-refractivity contribution is -0.124. The number of carbonyl (C=O) groups excluding carboxylic acids is 4. The van der Waals surface area contributed by atoms with Crippen molar-refractivity contribution in [3.63, 3.8) is 0 Å². The molecule has 2 aliphatic rings. The average Bonchev–Trinajstić information content (AvgIpc) is 3.43. The highest BCUT2D eigenvalue weighted by atomic mass is 32.2. The van der Waals surface area contributed by atoms with Gasteiger partial charge in [-0.2, -0.15) is 0 Å². The first-order chi connectivity index (χ1) is 21.8.